The lowest BCUT2D eigenvalue weighted by atomic mass is 9.99. The number of nitriles is 1. The van der Waals surface area contributed by atoms with Crippen LogP contribution in [0.15, 0.2) is 60.9 Å². The Balaban J connectivity index is 2.03. The molecule has 7 heteroatoms. The van der Waals surface area contributed by atoms with Gasteiger partial charge in [-0.3, -0.25) is 9.78 Å². The van der Waals surface area contributed by atoms with E-state index < -0.39 is 5.91 Å². The van der Waals surface area contributed by atoms with E-state index in [9.17, 15) is 9.18 Å². The minimum atomic E-state index is -0.636. The van der Waals surface area contributed by atoms with Crippen molar-refractivity contribution in [2.24, 2.45) is 5.73 Å². The van der Waals surface area contributed by atoms with Gasteiger partial charge in [-0.1, -0.05) is 0 Å². The number of carbonyl (C=O) groups is 1. The lowest BCUT2D eigenvalue weighted by Gasteiger charge is -2.05. The van der Waals surface area contributed by atoms with Crippen molar-refractivity contribution in [1.82, 2.24) is 14.6 Å². The lowest BCUT2D eigenvalue weighted by Crippen LogP contribution is -2.12. The molecule has 0 spiro atoms. The van der Waals surface area contributed by atoms with Crippen LogP contribution in [0.4, 0.5) is 4.39 Å². The first-order valence-electron chi connectivity index (χ1n) is 8.01. The average molecular weight is 357 g/mol. The molecule has 0 fully saturated rings. The van der Waals surface area contributed by atoms with Crippen LogP contribution in [0.2, 0.25) is 0 Å². The summed E-state index contributed by atoms with van der Waals surface area (Å²) in [5.74, 6) is -0.987. The van der Waals surface area contributed by atoms with Crippen LogP contribution in [0.1, 0.15) is 16.1 Å². The van der Waals surface area contributed by atoms with Gasteiger partial charge in [-0.05, 0) is 54.1 Å². The Kier molecular flexibility index (Phi) is 3.86. The fourth-order valence-corrected chi connectivity index (χ4v) is 2.93. The van der Waals surface area contributed by atoms with Gasteiger partial charge in [-0.25, -0.2) is 8.91 Å². The maximum atomic E-state index is 13.3. The molecule has 0 bridgehead atoms. The molecule has 1 amide bonds. The van der Waals surface area contributed by atoms with Crippen LogP contribution < -0.4 is 5.73 Å². The molecule has 0 aliphatic heterocycles. The maximum absolute atomic E-state index is 13.3. The second-order valence-corrected chi connectivity index (χ2v) is 5.88. The minimum Gasteiger partial charge on any atom is -0.364 e. The van der Waals surface area contributed by atoms with E-state index in [2.05, 4.69) is 16.2 Å². The molecule has 6 nitrogen and oxygen atoms in total. The van der Waals surface area contributed by atoms with Gasteiger partial charge in [0.05, 0.1) is 11.1 Å². The summed E-state index contributed by atoms with van der Waals surface area (Å²) in [7, 11) is 0. The van der Waals surface area contributed by atoms with Gasteiger partial charge < -0.3 is 5.73 Å². The molecule has 0 saturated heterocycles. The molecule has 0 unspecified atom stereocenters. The molecule has 3 heterocycles. The fourth-order valence-electron chi connectivity index (χ4n) is 2.93. The highest BCUT2D eigenvalue weighted by Gasteiger charge is 2.18. The van der Waals surface area contributed by atoms with Gasteiger partial charge >= 0.3 is 0 Å². The number of fused-ring (bicyclic) bond motifs is 1. The van der Waals surface area contributed by atoms with Crippen LogP contribution in [0.5, 0.6) is 0 Å². The molecule has 4 aromatic rings. The Labute approximate surface area is 153 Å². The summed E-state index contributed by atoms with van der Waals surface area (Å²) in [6, 6.07) is 14.8. The minimum absolute atomic E-state index is 0.130. The molecule has 1 aromatic carbocycles. The van der Waals surface area contributed by atoms with E-state index >= 15 is 0 Å². The van der Waals surface area contributed by atoms with Crippen LogP contribution in [0.25, 0.3) is 27.9 Å². The summed E-state index contributed by atoms with van der Waals surface area (Å²) < 4.78 is 14.9. The predicted octanol–water partition coefficient (Wildman–Crippen LogP) is 3.17. The number of benzene rings is 1. The molecule has 0 atom stereocenters. The normalized spacial score (nSPS) is 10.7. The monoisotopic (exact) mass is 357 g/mol. The number of halogens is 1. The van der Waals surface area contributed by atoms with Gasteiger partial charge in [0.1, 0.15) is 23.3 Å². The van der Waals surface area contributed by atoms with E-state index in [1.54, 1.807) is 47.1 Å². The summed E-state index contributed by atoms with van der Waals surface area (Å²) in [6.07, 6.45) is 3.11. The fraction of sp³-hybridized carbons (Fsp3) is 0. The SMILES string of the molecule is N#Cc1ccc2c(-c3ccnc(C(N)=O)c3)c(-c3ccc(F)cc3)nn2c1. The van der Waals surface area contributed by atoms with Crippen LogP contribution in [0, 0.1) is 17.1 Å². The highest BCUT2D eigenvalue weighted by Crippen LogP contribution is 2.35. The molecular weight excluding hydrogens is 345 g/mol. The lowest BCUT2D eigenvalue weighted by molar-refractivity contribution is 0.0995. The molecule has 130 valence electrons. The molecular formula is C20H12FN5O. The van der Waals surface area contributed by atoms with Crippen molar-refractivity contribution in [3.63, 3.8) is 0 Å². The van der Waals surface area contributed by atoms with E-state index in [0.29, 0.717) is 22.4 Å². The average Bonchev–Trinajstić information content (AvgIpc) is 3.07. The quantitative estimate of drug-likeness (QED) is 0.609. The number of nitrogens with zero attached hydrogens (tertiary/aromatic N) is 4. The molecule has 0 aliphatic rings. The van der Waals surface area contributed by atoms with E-state index in [1.165, 1.54) is 18.3 Å². The summed E-state index contributed by atoms with van der Waals surface area (Å²) >= 11 is 0. The topological polar surface area (TPSA) is 97.1 Å². The van der Waals surface area contributed by atoms with Gasteiger partial charge in [-0.15, -0.1) is 0 Å². The first-order valence-corrected chi connectivity index (χ1v) is 8.01. The smallest absolute Gasteiger partial charge is 0.267 e. The van der Waals surface area contributed by atoms with E-state index in [0.717, 1.165) is 11.1 Å². The number of primary amides is 1. The summed E-state index contributed by atoms with van der Waals surface area (Å²) in [4.78, 5) is 15.5. The van der Waals surface area contributed by atoms with Crippen molar-refractivity contribution in [2.75, 3.05) is 0 Å². The van der Waals surface area contributed by atoms with Gasteiger partial charge in [0.15, 0.2) is 0 Å². The zero-order valence-corrected chi connectivity index (χ0v) is 13.9. The molecule has 0 aliphatic carbocycles. The zero-order valence-electron chi connectivity index (χ0n) is 13.9. The number of hydrogen-bond donors (Lipinski definition) is 1. The van der Waals surface area contributed by atoms with E-state index in [-0.39, 0.29) is 11.5 Å². The first-order chi connectivity index (χ1) is 13.1. The van der Waals surface area contributed by atoms with Crippen LogP contribution in [-0.4, -0.2) is 20.5 Å². The van der Waals surface area contributed by atoms with Crippen molar-refractivity contribution in [2.45, 2.75) is 0 Å². The number of nitrogens with two attached hydrogens (primary N) is 1. The van der Waals surface area contributed by atoms with Crippen LogP contribution in [-0.2, 0) is 0 Å². The van der Waals surface area contributed by atoms with Gasteiger partial charge in [-0.2, -0.15) is 10.4 Å². The largest absolute Gasteiger partial charge is 0.364 e. The van der Waals surface area contributed by atoms with Gasteiger partial charge in [0.25, 0.3) is 5.91 Å². The molecule has 0 radical (unpaired) electrons. The van der Waals surface area contributed by atoms with Crippen LogP contribution >= 0.6 is 0 Å². The third-order valence-electron chi connectivity index (χ3n) is 4.18. The van der Waals surface area contributed by atoms with E-state index in [1.807, 2.05) is 0 Å². The van der Waals surface area contributed by atoms with Gasteiger partial charge in [0, 0.05) is 23.5 Å². The van der Waals surface area contributed by atoms with Gasteiger partial charge in [0.2, 0.25) is 0 Å². The number of rotatable bonds is 3. The Hall–Kier alpha value is -4.05. The van der Waals surface area contributed by atoms with Crippen molar-refractivity contribution in [3.8, 4) is 28.5 Å². The second-order valence-electron chi connectivity index (χ2n) is 5.88. The zero-order chi connectivity index (χ0) is 19.0. The Morgan fingerprint density at radius 3 is 2.59 bits per heavy atom. The summed E-state index contributed by atoms with van der Waals surface area (Å²) in [5, 5.41) is 13.7. The van der Waals surface area contributed by atoms with E-state index in [4.69, 9.17) is 11.0 Å². The number of aromatic nitrogens is 3. The van der Waals surface area contributed by atoms with Crippen molar-refractivity contribution < 1.29 is 9.18 Å². The number of pyridine rings is 2. The molecule has 3 aromatic heterocycles. The molecule has 0 saturated carbocycles. The standard InChI is InChI=1S/C20H12FN5O/c21-15-4-2-13(3-5-15)19-18(14-7-8-24-16(9-14)20(23)27)17-6-1-12(10-22)11-26(17)25-19/h1-9,11H,(H2,23,27). The van der Waals surface area contributed by atoms with Crippen LogP contribution in [0.3, 0.4) is 0 Å². The third-order valence-corrected chi connectivity index (χ3v) is 4.18. The molecule has 2 N–H and O–H groups in total. The third kappa shape index (κ3) is 2.89. The summed E-state index contributed by atoms with van der Waals surface area (Å²) in [5.41, 5.74) is 9.38. The molecule has 27 heavy (non-hydrogen) atoms. The number of amides is 1. The number of carbonyl (C=O) groups excluding carboxylic acids is 1. The molecule has 4 rings (SSSR count). The summed E-state index contributed by atoms with van der Waals surface area (Å²) in [6.45, 7) is 0. The Morgan fingerprint density at radius 2 is 1.89 bits per heavy atom. The highest BCUT2D eigenvalue weighted by molar-refractivity contribution is 5.96. The predicted molar refractivity (Wildman–Crippen MR) is 97.0 cm³/mol. The maximum Gasteiger partial charge on any atom is 0.267 e. The van der Waals surface area contributed by atoms with Crippen molar-refractivity contribution in [3.05, 3.63) is 78.0 Å². The first kappa shape index (κ1) is 16.4. The Bertz CT molecular complexity index is 1220. The Morgan fingerprint density at radius 1 is 1.11 bits per heavy atom. The van der Waals surface area contributed by atoms with Crippen molar-refractivity contribution >= 4 is 11.4 Å². The van der Waals surface area contributed by atoms with Crippen molar-refractivity contribution in [1.29, 1.82) is 5.26 Å². The second kappa shape index (κ2) is 6.35. The highest BCUT2D eigenvalue weighted by atomic mass is 19.1. The number of hydrogen-bond acceptors (Lipinski definition) is 4.